The molecule has 2 bridgehead atoms. The Morgan fingerprint density at radius 2 is 1.62 bits per heavy atom. The molecule has 0 spiro atoms. The normalized spacial score (nSPS) is 21.0. The number of aliphatic hydroxyl groups excluding tert-OH is 1. The number of aryl methyl sites for hydroxylation is 3. The highest BCUT2D eigenvalue weighted by molar-refractivity contribution is 7.17. The van der Waals surface area contributed by atoms with Crippen molar-refractivity contribution in [2.45, 2.75) is 174 Å². The van der Waals surface area contributed by atoms with Crippen LogP contribution in [-0.2, 0) is 63.8 Å². The topological polar surface area (TPSA) is 260 Å². The maximum absolute atomic E-state index is 14.5. The second kappa shape index (κ2) is 30.8. The number of hydrogen-bond acceptors (Lipinski definition) is 9. The van der Waals surface area contributed by atoms with Gasteiger partial charge in [0.2, 0.25) is 30.0 Å². The first kappa shape index (κ1) is 57.7. The van der Waals surface area contributed by atoms with E-state index in [0.717, 1.165) is 83.0 Å². The van der Waals surface area contributed by atoms with Gasteiger partial charge in [-0.25, -0.2) is 13.7 Å². The molecule has 2 aromatic rings. The summed E-state index contributed by atoms with van der Waals surface area (Å²) in [4.78, 5) is 83.4. The third-order valence-corrected chi connectivity index (χ3v) is 13.1. The van der Waals surface area contributed by atoms with Crippen LogP contribution in [0.5, 0.6) is 0 Å². The van der Waals surface area contributed by atoms with E-state index < -0.39 is 81.3 Å². The van der Waals surface area contributed by atoms with Gasteiger partial charge in [-0.2, -0.15) is 0 Å². The number of carbonyl (C=O) groups excluding carboxylic acids is 6. The zero-order chi connectivity index (χ0) is 46.4. The van der Waals surface area contributed by atoms with Gasteiger partial charge in [0, 0.05) is 39.3 Å². The Morgan fingerprint density at radius 3 is 2.30 bits per heavy atom. The zero-order valence-corrected chi connectivity index (χ0v) is 40.5. The minimum atomic E-state index is -1.39. The first-order valence-corrected chi connectivity index (χ1v) is 24.5. The number of amides is 4. The van der Waals surface area contributed by atoms with E-state index in [1.807, 2.05) is 26.1 Å². The highest BCUT2D eigenvalue weighted by Gasteiger charge is 2.38. The molecule has 1 aromatic heterocycles. The van der Waals surface area contributed by atoms with Crippen molar-refractivity contribution in [3.8, 4) is 0 Å². The maximum atomic E-state index is 14.5. The second-order valence-corrected chi connectivity index (χ2v) is 18.6. The highest BCUT2D eigenvalue weighted by Crippen LogP contribution is 2.23. The summed E-state index contributed by atoms with van der Waals surface area (Å²) >= 11 is 0. The van der Waals surface area contributed by atoms with Crippen LogP contribution in [0, 0.1) is 17.8 Å². The average Bonchev–Trinajstić information content (AvgIpc) is 3.92. The van der Waals surface area contributed by atoms with Crippen LogP contribution in [0.25, 0.3) is 0 Å². The molecule has 0 unspecified atom stereocenters. The largest absolute Gasteiger partial charge is 0.412 e. The van der Waals surface area contributed by atoms with Crippen molar-refractivity contribution >= 4 is 43.9 Å². The van der Waals surface area contributed by atoms with Crippen molar-refractivity contribution < 1.29 is 58.5 Å². The number of hydrogen-bond donors (Lipinski definition) is 4. The van der Waals surface area contributed by atoms with Gasteiger partial charge in [0.05, 0.1) is 43.7 Å². The number of likely N-dealkylation sites (tertiary alicyclic amines) is 1. The lowest BCUT2D eigenvalue weighted by molar-refractivity contribution is -0.697. The molecule has 1 aromatic carbocycles. The van der Waals surface area contributed by atoms with Crippen LogP contribution in [0.3, 0.4) is 0 Å². The second-order valence-electron chi connectivity index (χ2n) is 18.3. The van der Waals surface area contributed by atoms with Crippen LogP contribution in [0.2, 0.25) is 0 Å². The van der Waals surface area contributed by atoms with E-state index in [4.69, 9.17) is 4.52 Å². The van der Waals surface area contributed by atoms with E-state index in [1.165, 1.54) is 30.7 Å². The molecule has 4 amide bonds. The molecule has 18 heteroatoms. The van der Waals surface area contributed by atoms with Crippen LogP contribution in [0.15, 0.2) is 42.9 Å². The molecule has 4 rings (SSSR count). The Labute approximate surface area is 392 Å². The van der Waals surface area contributed by atoms with E-state index in [9.17, 15) is 38.4 Å². The standard InChI is InChI=1S/C48H73N6O9P.2H2O/c1-34(2)27-41(50-48(61)43-22-18-26-54(43)36(4)56)44(57)29-38-28-39-31-52(33-53(39)25-17-9-6-5-7-12-19-37-20-13-11-14-21-37)24-16-10-8-15-23-49-47(60)40(35(3)63-64-62)30-45(58)42(32-55)51-46(38)59;;/h11,13-14,20-21,31,33-35,38,40-43,55H,5-10,12,15-19,22-30,32H2,1-4H3,(H2-,49,50,51,59,60,61);2*1H2/p+1/t35-,38-,40+,41+,42+,43+;;/m1../s1. The summed E-state index contributed by atoms with van der Waals surface area (Å²) in [5, 5.41) is 19.0. The van der Waals surface area contributed by atoms with Gasteiger partial charge >= 0.3 is 8.69 Å². The Morgan fingerprint density at radius 1 is 0.924 bits per heavy atom. The average molecular weight is 946 g/mol. The molecule has 8 N–H and O–H groups in total. The van der Waals surface area contributed by atoms with Crippen molar-refractivity contribution in [2.24, 2.45) is 17.8 Å². The fourth-order valence-corrected chi connectivity index (χ4v) is 9.22. The number of nitrogens with one attached hydrogen (secondary N) is 3. The zero-order valence-electron chi connectivity index (χ0n) is 39.6. The Kier molecular flexibility index (Phi) is 26.9. The monoisotopic (exact) mass is 946 g/mol. The van der Waals surface area contributed by atoms with E-state index in [-0.39, 0.29) is 41.4 Å². The van der Waals surface area contributed by atoms with Crippen molar-refractivity contribution in [1.82, 2.24) is 25.4 Å². The molecule has 2 aliphatic rings. The van der Waals surface area contributed by atoms with Crippen LogP contribution in [0.4, 0.5) is 0 Å². The minimum Gasteiger partial charge on any atom is -0.412 e. The Hall–Kier alpha value is -4.41. The number of imidazole rings is 1. The number of rotatable bonds is 20. The van der Waals surface area contributed by atoms with Gasteiger partial charge in [0.1, 0.15) is 24.0 Å². The molecular weight excluding hydrogens is 868 g/mol. The van der Waals surface area contributed by atoms with Gasteiger partial charge in [-0.3, -0.25) is 33.3 Å². The summed E-state index contributed by atoms with van der Waals surface area (Å²) in [5.74, 6) is -4.66. The molecule has 0 radical (unpaired) electrons. The molecule has 370 valence electrons. The van der Waals surface area contributed by atoms with Gasteiger partial charge in [0.15, 0.2) is 11.6 Å². The lowest BCUT2D eigenvalue weighted by atomic mass is 9.89. The van der Waals surface area contributed by atoms with E-state index in [1.54, 1.807) is 0 Å². The highest BCUT2D eigenvalue weighted by atomic mass is 31.1. The summed E-state index contributed by atoms with van der Waals surface area (Å²) in [6, 6.07) is 7.54. The van der Waals surface area contributed by atoms with E-state index >= 15 is 0 Å². The van der Waals surface area contributed by atoms with Crippen molar-refractivity contribution in [1.29, 1.82) is 0 Å². The number of fused-ring (bicyclic) bond motifs is 2. The van der Waals surface area contributed by atoms with Gasteiger partial charge in [-0.15, -0.1) is 0 Å². The summed E-state index contributed by atoms with van der Waals surface area (Å²) < 4.78 is 20.8. The lowest BCUT2D eigenvalue weighted by Gasteiger charge is -2.27. The number of aliphatic hydroxyl groups is 1. The first-order chi connectivity index (χ1) is 30.8. The van der Waals surface area contributed by atoms with Gasteiger partial charge in [0.25, 0.3) is 0 Å². The molecule has 17 nitrogen and oxygen atoms in total. The van der Waals surface area contributed by atoms with Crippen molar-refractivity contribution in [2.75, 3.05) is 19.7 Å². The predicted molar refractivity (Wildman–Crippen MR) is 250 cm³/mol. The Bertz CT molecular complexity index is 1830. The van der Waals surface area contributed by atoms with E-state index in [0.29, 0.717) is 32.4 Å². The predicted octanol–water partition coefficient (Wildman–Crippen LogP) is 3.72. The summed E-state index contributed by atoms with van der Waals surface area (Å²) in [7, 11) is -0.653. The number of benzene rings is 1. The van der Waals surface area contributed by atoms with Gasteiger partial charge in [-0.05, 0) is 82.6 Å². The number of aromatic nitrogens is 2. The third kappa shape index (κ3) is 19.1. The Balaban J connectivity index is 0.00000748. The third-order valence-electron chi connectivity index (χ3n) is 12.6. The fourth-order valence-electron chi connectivity index (χ4n) is 8.94. The molecule has 1 saturated heterocycles. The fraction of sp³-hybridized carbons (Fsp3) is 0.688. The summed E-state index contributed by atoms with van der Waals surface area (Å²) in [5.41, 5.74) is 2.21. The first-order valence-electron chi connectivity index (χ1n) is 23.7. The number of unbranched alkanes of at least 4 members (excludes halogenated alkanes) is 5. The van der Waals surface area contributed by atoms with Crippen LogP contribution in [0.1, 0.15) is 135 Å². The number of carbonyl (C=O) groups is 6. The molecule has 3 heterocycles. The number of ketones is 2. The molecule has 6 atom stereocenters. The summed E-state index contributed by atoms with van der Waals surface area (Å²) in [6.07, 6.45) is 15.2. The van der Waals surface area contributed by atoms with Gasteiger partial charge < -0.3 is 36.9 Å². The maximum Gasteiger partial charge on any atom is 0.327 e. The van der Waals surface area contributed by atoms with Crippen molar-refractivity contribution in [3.05, 3.63) is 54.1 Å². The quantitative estimate of drug-likeness (QED) is 0.0856. The molecule has 0 saturated carbocycles. The molecule has 1 fully saturated rings. The van der Waals surface area contributed by atoms with E-state index in [2.05, 4.69) is 55.7 Å². The SMILES string of the molecule is CC(=O)N1CCC[C@H]1C(=O)N[C@@H](CC(C)C)C(=O)C[C@H]1Cc2c[n+](cn2CCCCCCCCc2ccccc2)CCCCCCNC(=O)[C@H]([C@@H](C)OP=O)CC(=O)[C@H](CO)NC1=O.O.O. The van der Waals surface area contributed by atoms with Crippen molar-refractivity contribution in [3.63, 3.8) is 0 Å². The van der Waals surface area contributed by atoms with Crippen LogP contribution < -0.4 is 20.5 Å². The minimum absolute atomic E-state index is 0. The molecule has 0 aliphatic carbocycles. The van der Waals surface area contributed by atoms with Crippen LogP contribution in [-0.4, -0.2) is 105 Å². The van der Waals surface area contributed by atoms with Gasteiger partial charge in [-0.1, -0.05) is 69.9 Å². The number of Topliss-reactive ketones (excluding diaryl/α,β-unsaturated/α-hetero) is 2. The lowest BCUT2D eigenvalue weighted by Crippen LogP contribution is -2.52. The smallest absolute Gasteiger partial charge is 0.327 e. The number of nitrogens with zero attached hydrogens (tertiary/aromatic N) is 3. The summed E-state index contributed by atoms with van der Waals surface area (Å²) in [6.45, 7) is 8.40. The molecule has 2 aliphatic heterocycles. The molecular formula is C48H78N6O11P+. The molecule has 66 heavy (non-hydrogen) atoms. The van der Waals surface area contributed by atoms with Crippen LogP contribution >= 0.6 is 8.69 Å².